The van der Waals surface area contributed by atoms with E-state index in [1.807, 2.05) is 0 Å². The minimum atomic E-state index is 0.0203. The van der Waals surface area contributed by atoms with E-state index in [1.165, 1.54) is 11.3 Å². The molecule has 0 radical (unpaired) electrons. The second-order valence-corrected chi connectivity index (χ2v) is 6.34. The maximum absolute atomic E-state index is 12.1. The van der Waals surface area contributed by atoms with Crippen molar-refractivity contribution in [1.82, 2.24) is 4.90 Å². The standard InChI is InChI=1S/C11H13Cl2NO2S/c1-7-6-16-3-2-14(7)5-9(15)8-4-10(12)17-11(8)13/h4,7H,2-3,5-6H2,1H3. The number of nitrogens with zero attached hydrogens (tertiary/aromatic N) is 1. The molecule has 1 aliphatic heterocycles. The Kier molecular flexibility index (Phi) is 4.44. The molecule has 0 amide bonds. The Balaban J connectivity index is 2.03. The highest BCUT2D eigenvalue weighted by molar-refractivity contribution is 7.20. The molecule has 0 aliphatic carbocycles. The summed E-state index contributed by atoms with van der Waals surface area (Å²) in [5.74, 6) is 0.0203. The first-order chi connectivity index (χ1) is 8.08. The number of ether oxygens (including phenoxy) is 1. The molecule has 0 spiro atoms. The lowest BCUT2D eigenvalue weighted by Gasteiger charge is -2.32. The molecule has 1 fully saturated rings. The smallest absolute Gasteiger partial charge is 0.179 e. The Morgan fingerprint density at radius 3 is 3.00 bits per heavy atom. The van der Waals surface area contributed by atoms with Gasteiger partial charge in [-0.2, -0.15) is 0 Å². The second kappa shape index (κ2) is 5.67. The number of hydrogen-bond acceptors (Lipinski definition) is 4. The first-order valence-corrected chi connectivity index (χ1v) is 6.95. The van der Waals surface area contributed by atoms with Crippen molar-refractivity contribution in [1.29, 1.82) is 0 Å². The predicted molar refractivity (Wildman–Crippen MR) is 70.5 cm³/mol. The fraction of sp³-hybridized carbons (Fsp3) is 0.545. The normalized spacial score (nSPS) is 21.7. The SMILES string of the molecule is CC1COCCN1CC(=O)c1cc(Cl)sc1Cl. The van der Waals surface area contributed by atoms with Gasteiger partial charge < -0.3 is 4.74 Å². The Morgan fingerprint density at radius 2 is 2.41 bits per heavy atom. The van der Waals surface area contributed by atoms with Crippen LogP contribution in [0.5, 0.6) is 0 Å². The zero-order chi connectivity index (χ0) is 12.4. The van der Waals surface area contributed by atoms with Crippen LogP contribution in [0.25, 0.3) is 0 Å². The number of carbonyl (C=O) groups excluding carboxylic acids is 1. The first-order valence-electron chi connectivity index (χ1n) is 5.37. The van der Waals surface area contributed by atoms with Crippen LogP contribution in [0.15, 0.2) is 6.07 Å². The molecule has 6 heteroatoms. The van der Waals surface area contributed by atoms with Crippen molar-refractivity contribution in [3.8, 4) is 0 Å². The molecule has 1 atom stereocenters. The maximum atomic E-state index is 12.1. The van der Waals surface area contributed by atoms with E-state index < -0.39 is 0 Å². The number of halogens is 2. The number of thiophene rings is 1. The lowest BCUT2D eigenvalue weighted by molar-refractivity contribution is 0.00202. The van der Waals surface area contributed by atoms with Gasteiger partial charge >= 0.3 is 0 Å². The van der Waals surface area contributed by atoms with E-state index in [2.05, 4.69) is 11.8 Å². The van der Waals surface area contributed by atoms with E-state index in [9.17, 15) is 4.79 Å². The van der Waals surface area contributed by atoms with Crippen LogP contribution in [-0.4, -0.2) is 43.0 Å². The highest BCUT2D eigenvalue weighted by Gasteiger charge is 2.23. The van der Waals surface area contributed by atoms with Gasteiger partial charge in [-0.05, 0) is 13.0 Å². The van der Waals surface area contributed by atoms with Crippen molar-refractivity contribution in [2.24, 2.45) is 0 Å². The van der Waals surface area contributed by atoms with Crippen LogP contribution in [0.3, 0.4) is 0 Å². The molecule has 1 aromatic heterocycles. The highest BCUT2D eigenvalue weighted by atomic mass is 35.5. The third-order valence-electron chi connectivity index (χ3n) is 2.81. The topological polar surface area (TPSA) is 29.5 Å². The van der Waals surface area contributed by atoms with E-state index in [0.29, 0.717) is 34.0 Å². The summed E-state index contributed by atoms with van der Waals surface area (Å²) in [4.78, 5) is 14.2. The number of ketones is 1. The van der Waals surface area contributed by atoms with Gasteiger partial charge in [0.25, 0.3) is 0 Å². The second-order valence-electron chi connectivity index (χ2n) is 4.06. The summed E-state index contributed by atoms with van der Waals surface area (Å²) in [5, 5.41) is 0. The zero-order valence-electron chi connectivity index (χ0n) is 9.41. The lowest BCUT2D eigenvalue weighted by Crippen LogP contribution is -2.45. The summed E-state index contributed by atoms with van der Waals surface area (Å²) in [5.41, 5.74) is 0.528. The number of hydrogen-bond donors (Lipinski definition) is 0. The summed E-state index contributed by atoms with van der Waals surface area (Å²) >= 11 is 13.0. The minimum Gasteiger partial charge on any atom is -0.379 e. The number of Topliss-reactive ketones (excluding diaryl/α,β-unsaturated/α-hetero) is 1. The van der Waals surface area contributed by atoms with Gasteiger partial charge in [0.1, 0.15) is 4.34 Å². The van der Waals surface area contributed by atoms with E-state index in [0.717, 1.165) is 6.54 Å². The molecule has 17 heavy (non-hydrogen) atoms. The van der Waals surface area contributed by atoms with Crippen LogP contribution < -0.4 is 0 Å². The summed E-state index contributed by atoms with van der Waals surface area (Å²) in [7, 11) is 0. The molecule has 0 saturated carbocycles. The third-order valence-corrected chi connectivity index (χ3v) is 4.30. The highest BCUT2D eigenvalue weighted by Crippen LogP contribution is 2.31. The molecule has 2 heterocycles. The molecule has 3 nitrogen and oxygen atoms in total. The van der Waals surface area contributed by atoms with Gasteiger partial charge in [-0.3, -0.25) is 9.69 Å². The van der Waals surface area contributed by atoms with E-state index >= 15 is 0 Å². The van der Waals surface area contributed by atoms with Gasteiger partial charge in [-0.25, -0.2) is 0 Å². The van der Waals surface area contributed by atoms with Crippen LogP contribution in [0.1, 0.15) is 17.3 Å². The fourth-order valence-corrected chi connectivity index (χ4v) is 3.30. The molecular formula is C11H13Cl2NO2S. The molecule has 0 aromatic carbocycles. The third kappa shape index (κ3) is 3.20. The van der Waals surface area contributed by atoms with Gasteiger partial charge in [0.2, 0.25) is 0 Å². The lowest BCUT2D eigenvalue weighted by atomic mass is 10.2. The Labute approximate surface area is 114 Å². The first kappa shape index (κ1) is 13.3. The number of morpholine rings is 1. The van der Waals surface area contributed by atoms with Crippen molar-refractivity contribution in [2.75, 3.05) is 26.3 Å². The largest absolute Gasteiger partial charge is 0.379 e. The predicted octanol–water partition coefficient (Wildman–Crippen LogP) is 2.96. The van der Waals surface area contributed by atoms with E-state index in [4.69, 9.17) is 27.9 Å². The van der Waals surface area contributed by atoms with Crippen molar-refractivity contribution in [2.45, 2.75) is 13.0 Å². The quantitative estimate of drug-likeness (QED) is 0.803. The van der Waals surface area contributed by atoms with Gasteiger partial charge in [0.05, 0.1) is 29.7 Å². The van der Waals surface area contributed by atoms with Crippen LogP contribution >= 0.6 is 34.5 Å². The van der Waals surface area contributed by atoms with Crippen LogP contribution in [-0.2, 0) is 4.74 Å². The molecule has 1 saturated heterocycles. The Bertz CT molecular complexity index is 422. The maximum Gasteiger partial charge on any atom is 0.179 e. The van der Waals surface area contributed by atoms with Crippen LogP contribution in [0, 0.1) is 0 Å². The summed E-state index contributed by atoms with van der Waals surface area (Å²) < 4.78 is 6.35. The summed E-state index contributed by atoms with van der Waals surface area (Å²) in [6, 6.07) is 1.91. The van der Waals surface area contributed by atoms with Crippen LogP contribution in [0.4, 0.5) is 0 Å². The number of rotatable bonds is 3. The van der Waals surface area contributed by atoms with Gasteiger partial charge in [0.15, 0.2) is 5.78 Å². The molecular weight excluding hydrogens is 281 g/mol. The molecule has 1 aliphatic rings. The fourth-order valence-electron chi connectivity index (χ4n) is 1.80. The molecule has 0 bridgehead atoms. The summed E-state index contributed by atoms with van der Waals surface area (Å²) in [6.45, 7) is 4.55. The Morgan fingerprint density at radius 1 is 1.65 bits per heavy atom. The van der Waals surface area contributed by atoms with Gasteiger partial charge in [0, 0.05) is 12.6 Å². The van der Waals surface area contributed by atoms with Crippen molar-refractivity contribution >= 4 is 40.3 Å². The molecule has 0 N–H and O–H groups in total. The number of carbonyl (C=O) groups is 1. The molecule has 94 valence electrons. The minimum absolute atomic E-state index is 0.0203. The molecule has 1 unspecified atom stereocenters. The average molecular weight is 294 g/mol. The van der Waals surface area contributed by atoms with Gasteiger partial charge in [-0.1, -0.05) is 23.2 Å². The molecule has 1 aromatic rings. The van der Waals surface area contributed by atoms with E-state index in [1.54, 1.807) is 6.07 Å². The zero-order valence-corrected chi connectivity index (χ0v) is 11.7. The van der Waals surface area contributed by atoms with E-state index in [-0.39, 0.29) is 11.8 Å². The summed E-state index contributed by atoms with van der Waals surface area (Å²) in [6.07, 6.45) is 0. The molecule has 2 rings (SSSR count). The monoisotopic (exact) mass is 293 g/mol. The average Bonchev–Trinajstić information content (AvgIpc) is 2.61. The van der Waals surface area contributed by atoms with Crippen molar-refractivity contribution < 1.29 is 9.53 Å². The van der Waals surface area contributed by atoms with Crippen molar-refractivity contribution in [3.63, 3.8) is 0 Å². The van der Waals surface area contributed by atoms with Gasteiger partial charge in [-0.15, -0.1) is 11.3 Å². The Hall–Kier alpha value is -0.130. The van der Waals surface area contributed by atoms with Crippen LogP contribution in [0.2, 0.25) is 8.67 Å². The van der Waals surface area contributed by atoms with Crippen molar-refractivity contribution in [3.05, 3.63) is 20.3 Å².